The van der Waals surface area contributed by atoms with Crippen molar-refractivity contribution in [3.8, 4) is 0 Å². The number of carbonyl (C=O) groups is 1. The smallest absolute Gasteiger partial charge is 0.269 e. The molecule has 0 saturated carbocycles. The lowest BCUT2D eigenvalue weighted by Gasteiger charge is -2.35. The first-order valence-corrected chi connectivity index (χ1v) is 8.72. The lowest BCUT2D eigenvalue weighted by atomic mass is 9.92. The van der Waals surface area contributed by atoms with Crippen molar-refractivity contribution >= 4 is 23.4 Å². The van der Waals surface area contributed by atoms with Gasteiger partial charge in [0.1, 0.15) is 0 Å². The molecule has 0 radical (unpaired) electrons. The maximum Gasteiger partial charge on any atom is 0.269 e. The second kappa shape index (κ2) is 7.79. The van der Waals surface area contributed by atoms with Gasteiger partial charge in [-0.1, -0.05) is 0 Å². The lowest BCUT2D eigenvalue weighted by molar-refractivity contribution is -0.384. The fourth-order valence-corrected chi connectivity index (χ4v) is 3.75. The van der Waals surface area contributed by atoms with E-state index in [1.165, 1.54) is 23.9 Å². The van der Waals surface area contributed by atoms with E-state index in [9.17, 15) is 14.9 Å². The zero-order valence-electron chi connectivity index (χ0n) is 13.5. The Balaban J connectivity index is 1.95. The molecular formula is C16H23N3O3S. The van der Waals surface area contributed by atoms with Crippen LogP contribution in [0.25, 0.3) is 0 Å². The van der Waals surface area contributed by atoms with Crippen molar-refractivity contribution in [2.45, 2.75) is 42.9 Å². The maximum atomic E-state index is 12.6. The van der Waals surface area contributed by atoms with Gasteiger partial charge in [-0.25, -0.2) is 0 Å². The van der Waals surface area contributed by atoms with Gasteiger partial charge in [0.25, 0.3) is 5.69 Å². The fourth-order valence-electron chi connectivity index (χ4n) is 2.80. The molecule has 2 N–H and O–H groups in total. The summed E-state index contributed by atoms with van der Waals surface area (Å²) in [6, 6.07) is 6.41. The van der Waals surface area contributed by atoms with Crippen LogP contribution in [0.15, 0.2) is 29.2 Å². The van der Waals surface area contributed by atoms with Gasteiger partial charge < -0.3 is 10.6 Å². The molecule has 3 unspecified atom stereocenters. The first-order valence-electron chi connectivity index (χ1n) is 7.84. The van der Waals surface area contributed by atoms with Crippen LogP contribution in [0.5, 0.6) is 0 Å². The van der Waals surface area contributed by atoms with E-state index in [0.717, 1.165) is 30.8 Å². The molecule has 1 aromatic carbocycles. The molecule has 0 bridgehead atoms. The van der Waals surface area contributed by atoms with Crippen LogP contribution >= 0.6 is 11.8 Å². The van der Waals surface area contributed by atoms with Gasteiger partial charge in [-0.05, 0) is 44.7 Å². The van der Waals surface area contributed by atoms with Crippen LogP contribution in [0.3, 0.4) is 0 Å². The quantitative estimate of drug-likeness (QED) is 0.507. The van der Waals surface area contributed by atoms with Crippen LogP contribution in [-0.4, -0.2) is 40.1 Å². The first kappa shape index (κ1) is 17.7. The van der Waals surface area contributed by atoms with Crippen molar-refractivity contribution in [2.75, 3.05) is 13.1 Å². The number of carbonyl (C=O) groups excluding carboxylic acids is 1. The Hall–Kier alpha value is -1.60. The number of amides is 1. The Morgan fingerprint density at radius 3 is 2.61 bits per heavy atom. The van der Waals surface area contributed by atoms with Crippen LogP contribution in [0.4, 0.5) is 5.69 Å². The molecule has 1 aliphatic rings. The Bertz CT molecular complexity index is 562. The van der Waals surface area contributed by atoms with E-state index in [0.29, 0.717) is 5.92 Å². The third-order valence-electron chi connectivity index (χ3n) is 4.22. The van der Waals surface area contributed by atoms with Gasteiger partial charge in [0.05, 0.1) is 10.2 Å². The number of nitrogens with zero attached hydrogens (tertiary/aromatic N) is 2. The van der Waals surface area contributed by atoms with E-state index >= 15 is 0 Å². The van der Waals surface area contributed by atoms with Gasteiger partial charge in [-0.3, -0.25) is 14.9 Å². The summed E-state index contributed by atoms with van der Waals surface area (Å²) in [4.78, 5) is 25.6. The highest BCUT2D eigenvalue weighted by atomic mass is 32.2. The van der Waals surface area contributed by atoms with Crippen molar-refractivity contribution in [2.24, 2.45) is 11.7 Å². The van der Waals surface area contributed by atoms with Crippen molar-refractivity contribution in [1.29, 1.82) is 0 Å². The summed E-state index contributed by atoms with van der Waals surface area (Å²) in [5.74, 6) is 0.475. The van der Waals surface area contributed by atoms with Crippen molar-refractivity contribution in [3.63, 3.8) is 0 Å². The summed E-state index contributed by atoms with van der Waals surface area (Å²) in [6.45, 7) is 5.38. The molecule has 1 saturated heterocycles. The molecule has 1 fully saturated rings. The molecule has 6 nitrogen and oxygen atoms in total. The fraction of sp³-hybridized carbons (Fsp3) is 0.562. The third-order valence-corrected chi connectivity index (χ3v) is 5.32. The highest BCUT2D eigenvalue weighted by Crippen LogP contribution is 2.28. The third kappa shape index (κ3) is 4.68. The number of piperidine rings is 1. The summed E-state index contributed by atoms with van der Waals surface area (Å²) in [6.07, 6.45) is 2.07. The van der Waals surface area contributed by atoms with E-state index in [1.54, 1.807) is 12.1 Å². The molecule has 7 heteroatoms. The van der Waals surface area contributed by atoms with E-state index in [-0.39, 0.29) is 22.9 Å². The number of hydrogen-bond donors (Lipinski definition) is 1. The number of nitro groups is 1. The minimum Gasteiger partial charge on any atom is -0.341 e. The summed E-state index contributed by atoms with van der Waals surface area (Å²) in [5, 5.41) is 10.4. The Labute approximate surface area is 140 Å². The first-order chi connectivity index (χ1) is 10.9. The standard InChI is InChI=1S/C16H23N3O3S/c1-11(17)13-4-3-9-18(10-13)16(20)12(2)23-15-7-5-14(6-8-15)19(21)22/h5-8,11-13H,3-4,9-10,17H2,1-2H3. The predicted molar refractivity (Wildman–Crippen MR) is 91.4 cm³/mol. The Morgan fingerprint density at radius 2 is 2.04 bits per heavy atom. The van der Waals surface area contributed by atoms with Crippen LogP contribution in [0, 0.1) is 16.0 Å². The summed E-state index contributed by atoms with van der Waals surface area (Å²) >= 11 is 1.43. The number of non-ortho nitro benzene ring substituents is 1. The minimum atomic E-state index is -0.426. The van der Waals surface area contributed by atoms with Gasteiger partial charge in [0.15, 0.2) is 0 Å². The average Bonchev–Trinajstić information content (AvgIpc) is 2.54. The molecule has 1 aromatic rings. The second-order valence-electron chi connectivity index (χ2n) is 6.06. The van der Waals surface area contributed by atoms with Crippen LogP contribution < -0.4 is 5.73 Å². The van der Waals surface area contributed by atoms with E-state index in [1.807, 2.05) is 18.7 Å². The lowest BCUT2D eigenvalue weighted by Crippen LogP contribution is -2.47. The monoisotopic (exact) mass is 337 g/mol. The molecule has 23 heavy (non-hydrogen) atoms. The number of nitrogens with two attached hydrogens (primary N) is 1. The zero-order valence-corrected chi connectivity index (χ0v) is 14.3. The number of rotatable bonds is 5. The predicted octanol–water partition coefficient (Wildman–Crippen LogP) is 2.66. The van der Waals surface area contributed by atoms with Crippen LogP contribution in [-0.2, 0) is 4.79 Å². The number of benzene rings is 1. The largest absolute Gasteiger partial charge is 0.341 e. The minimum absolute atomic E-state index is 0.0594. The van der Waals surface area contributed by atoms with Crippen molar-refractivity contribution < 1.29 is 9.72 Å². The molecule has 1 aliphatic heterocycles. The molecule has 2 rings (SSSR count). The average molecular weight is 337 g/mol. The molecule has 0 aromatic heterocycles. The number of hydrogen-bond acceptors (Lipinski definition) is 5. The highest BCUT2D eigenvalue weighted by Gasteiger charge is 2.28. The number of thioether (sulfide) groups is 1. The second-order valence-corrected chi connectivity index (χ2v) is 7.47. The van der Waals surface area contributed by atoms with Gasteiger partial charge in [-0.15, -0.1) is 11.8 Å². The zero-order chi connectivity index (χ0) is 17.0. The maximum absolute atomic E-state index is 12.6. The number of nitro benzene ring substituents is 1. The molecule has 0 spiro atoms. The van der Waals surface area contributed by atoms with Gasteiger partial charge >= 0.3 is 0 Å². The molecule has 126 valence electrons. The topological polar surface area (TPSA) is 89.5 Å². The van der Waals surface area contributed by atoms with Crippen LogP contribution in [0.2, 0.25) is 0 Å². The van der Waals surface area contributed by atoms with Gasteiger partial charge in [0.2, 0.25) is 5.91 Å². The van der Waals surface area contributed by atoms with Crippen molar-refractivity contribution in [3.05, 3.63) is 34.4 Å². The molecular weight excluding hydrogens is 314 g/mol. The van der Waals surface area contributed by atoms with Gasteiger partial charge in [0, 0.05) is 36.2 Å². The van der Waals surface area contributed by atoms with E-state index in [4.69, 9.17) is 5.73 Å². The summed E-state index contributed by atoms with van der Waals surface area (Å²) < 4.78 is 0. The normalized spacial score (nSPS) is 20.8. The summed E-state index contributed by atoms with van der Waals surface area (Å²) in [7, 11) is 0. The molecule has 1 amide bonds. The summed E-state index contributed by atoms with van der Waals surface area (Å²) in [5.41, 5.74) is 6.03. The Kier molecular flexibility index (Phi) is 6.01. The highest BCUT2D eigenvalue weighted by molar-refractivity contribution is 8.00. The van der Waals surface area contributed by atoms with Gasteiger partial charge in [-0.2, -0.15) is 0 Å². The molecule has 3 atom stereocenters. The van der Waals surface area contributed by atoms with Crippen molar-refractivity contribution in [1.82, 2.24) is 4.90 Å². The van der Waals surface area contributed by atoms with Crippen LogP contribution in [0.1, 0.15) is 26.7 Å². The van der Waals surface area contributed by atoms with E-state index < -0.39 is 4.92 Å². The molecule has 0 aliphatic carbocycles. The van der Waals surface area contributed by atoms with E-state index in [2.05, 4.69) is 0 Å². The molecule has 1 heterocycles. The Morgan fingerprint density at radius 1 is 1.39 bits per heavy atom. The number of likely N-dealkylation sites (tertiary alicyclic amines) is 1. The SMILES string of the molecule is CC(Sc1ccc([N+](=O)[O-])cc1)C(=O)N1CCCC(C(C)N)C1.